The molecule has 1 amide bonds. The van der Waals surface area contributed by atoms with Gasteiger partial charge in [-0.2, -0.15) is 5.26 Å². The van der Waals surface area contributed by atoms with Crippen molar-refractivity contribution in [2.24, 2.45) is 4.99 Å². The molecule has 0 N–H and O–H groups in total. The Labute approximate surface area is 262 Å². The van der Waals surface area contributed by atoms with E-state index in [4.69, 9.17) is 9.73 Å². The van der Waals surface area contributed by atoms with Crippen LogP contribution in [-0.2, 0) is 24.2 Å². The zero-order valence-corrected chi connectivity index (χ0v) is 25.5. The third kappa shape index (κ3) is 6.01. The molecule has 1 saturated heterocycles. The predicted octanol–water partition coefficient (Wildman–Crippen LogP) is 9.22. The van der Waals surface area contributed by atoms with E-state index in [0.717, 1.165) is 46.1 Å². The Morgan fingerprint density at radius 1 is 0.841 bits per heavy atom. The van der Waals surface area contributed by atoms with E-state index >= 15 is 0 Å². The molecule has 5 aromatic rings. The number of hydrogen-bond acceptors (Lipinski definition) is 5. The molecule has 0 unspecified atom stereocenters. The van der Waals surface area contributed by atoms with Crippen molar-refractivity contribution in [1.82, 2.24) is 0 Å². The number of nitriles is 1. The van der Waals surface area contributed by atoms with Crippen LogP contribution in [0.4, 0.5) is 11.4 Å². The highest BCUT2D eigenvalue weighted by molar-refractivity contribution is 8.19. The molecule has 0 atom stereocenters. The Morgan fingerprint density at radius 3 is 2.25 bits per heavy atom. The Balaban J connectivity index is 1.43. The second-order valence-corrected chi connectivity index (χ2v) is 11.5. The van der Waals surface area contributed by atoms with Gasteiger partial charge in [0.2, 0.25) is 0 Å². The first-order valence-corrected chi connectivity index (χ1v) is 15.5. The van der Waals surface area contributed by atoms with E-state index in [0.29, 0.717) is 21.4 Å². The van der Waals surface area contributed by atoms with Gasteiger partial charge in [-0.25, -0.2) is 4.99 Å². The molecule has 1 aliphatic heterocycles. The van der Waals surface area contributed by atoms with Crippen LogP contribution in [0.1, 0.15) is 41.7 Å². The molecule has 6 rings (SSSR count). The summed E-state index contributed by atoms with van der Waals surface area (Å²) in [6, 6.07) is 37.9. The van der Waals surface area contributed by atoms with Gasteiger partial charge in [0.05, 0.1) is 27.9 Å². The van der Waals surface area contributed by atoms with Gasteiger partial charge < -0.3 is 4.74 Å². The number of amidine groups is 1. The van der Waals surface area contributed by atoms with Crippen molar-refractivity contribution < 1.29 is 9.53 Å². The number of hydrogen-bond donors (Lipinski definition) is 0. The second kappa shape index (κ2) is 13.0. The highest BCUT2D eigenvalue weighted by atomic mass is 32.2. The van der Waals surface area contributed by atoms with E-state index in [1.807, 2.05) is 84.9 Å². The minimum absolute atomic E-state index is 0.142. The largest absolute Gasteiger partial charge is 0.488 e. The van der Waals surface area contributed by atoms with Crippen LogP contribution in [0.15, 0.2) is 119 Å². The van der Waals surface area contributed by atoms with Gasteiger partial charge in [0, 0.05) is 11.1 Å². The number of fused-ring (bicyclic) bond motifs is 1. The maximum atomic E-state index is 14.2. The van der Waals surface area contributed by atoms with Gasteiger partial charge in [0.15, 0.2) is 5.17 Å². The molecule has 1 aliphatic rings. The lowest BCUT2D eigenvalue weighted by molar-refractivity contribution is -0.113. The summed E-state index contributed by atoms with van der Waals surface area (Å²) in [5.41, 5.74) is 6.19. The molecule has 5 nitrogen and oxygen atoms in total. The molecule has 1 fully saturated rings. The number of amides is 1. The first-order valence-electron chi connectivity index (χ1n) is 14.7. The zero-order chi connectivity index (χ0) is 30.5. The van der Waals surface area contributed by atoms with Crippen LogP contribution in [0.5, 0.6) is 5.75 Å². The molecule has 216 valence electrons. The van der Waals surface area contributed by atoms with Gasteiger partial charge in [0.1, 0.15) is 12.4 Å². The number of thioether (sulfide) groups is 1. The van der Waals surface area contributed by atoms with Crippen LogP contribution in [0.2, 0.25) is 0 Å². The van der Waals surface area contributed by atoms with E-state index in [2.05, 4.69) is 44.2 Å². The quantitative estimate of drug-likeness (QED) is 0.168. The third-order valence-electron chi connectivity index (χ3n) is 7.71. The molecule has 0 saturated carbocycles. The monoisotopic (exact) mass is 593 g/mol. The molecule has 44 heavy (non-hydrogen) atoms. The molecule has 0 bridgehead atoms. The normalized spacial score (nSPS) is 14.8. The average molecular weight is 594 g/mol. The second-order valence-electron chi connectivity index (χ2n) is 10.4. The fraction of sp³-hybridized carbons (Fsp3) is 0.132. The zero-order valence-electron chi connectivity index (χ0n) is 24.7. The molecule has 0 radical (unpaired) electrons. The molecule has 0 spiro atoms. The molecular weight excluding hydrogens is 563 g/mol. The maximum absolute atomic E-state index is 14.2. The summed E-state index contributed by atoms with van der Waals surface area (Å²) in [7, 11) is 0. The average Bonchev–Trinajstić information content (AvgIpc) is 3.38. The number of carbonyl (C=O) groups is 1. The summed E-state index contributed by atoms with van der Waals surface area (Å²) in [6.07, 6.45) is 3.78. The van der Waals surface area contributed by atoms with Crippen LogP contribution in [0.3, 0.4) is 0 Å². The molecule has 0 aliphatic carbocycles. The summed E-state index contributed by atoms with van der Waals surface area (Å²) in [5.74, 6) is 0.494. The van der Waals surface area contributed by atoms with Crippen LogP contribution in [-0.4, -0.2) is 11.1 Å². The highest BCUT2D eigenvalue weighted by Gasteiger charge is 2.35. The lowest BCUT2D eigenvalue weighted by Crippen LogP contribution is -2.28. The van der Waals surface area contributed by atoms with Gasteiger partial charge in [0.25, 0.3) is 5.91 Å². The molecular formula is C38H31N3O2S. The van der Waals surface area contributed by atoms with Gasteiger partial charge in [-0.15, -0.1) is 0 Å². The van der Waals surface area contributed by atoms with Crippen LogP contribution >= 0.6 is 11.8 Å². The fourth-order valence-corrected chi connectivity index (χ4v) is 6.15. The van der Waals surface area contributed by atoms with Crippen molar-refractivity contribution in [3.63, 3.8) is 0 Å². The lowest BCUT2D eigenvalue weighted by atomic mass is 10.0. The number of benzene rings is 5. The van der Waals surface area contributed by atoms with Crippen molar-refractivity contribution >= 4 is 51.1 Å². The van der Waals surface area contributed by atoms with Crippen LogP contribution in [0.25, 0.3) is 16.8 Å². The minimum Gasteiger partial charge on any atom is -0.488 e. The van der Waals surface area contributed by atoms with Crippen molar-refractivity contribution in [1.29, 1.82) is 5.26 Å². The van der Waals surface area contributed by atoms with E-state index < -0.39 is 0 Å². The Bertz CT molecular complexity index is 1940. The van der Waals surface area contributed by atoms with Gasteiger partial charge in [-0.3, -0.25) is 9.69 Å². The Morgan fingerprint density at radius 2 is 1.52 bits per heavy atom. The third-order valence-corrected chi connectivity index (χ3v) is 8.67. The first-order chi connectivity index (χ1) is 21.6. The Kier molecular flexibility index (Phi) is 8.58. The SMILES string of the molecule is CCc1ccc(N=C2S/C(=C\c3c(OCc4ccccc4C#N)ccc4ccccc34)C(=O)N2c2ccc(CC)cc2)cc1. The minimum atomic E-state index is -0.142. The van der Waals surface area contributed by atoms with Crippen LogP contribution in [0, 0.1) is 11.3 Å². The molecule has 0 aromatic heterocycles. The van der Waals surface area contributed by atoms with Crippen molar-refractivity contribution in [3.05, 3.63) is 142 Å². The van der Waals surface area contributed by atoms with Gasteiger partial charge >= 0.3 is 0 Å². The number of nitrogens with zero attached hydrogens (tertiary/aromatic N) is 3. The number of aryl methyl sites for hydroxylation is 2. The Hall–Kier alpha value is -5.12. The van der Waals surface area contributed by atoms with E-state index in [1.54, 1.807) is 11.0 Å². The summed E-state index contributed by atoms with van der Waals surface area (Å²) in [4.78, 5) is 21.3. The van der Waals surface area contributed by atoms with Crippen LogP contribution < -0.4 is 9.64 Å². The van der Waals surface area contributed by atoms with Gasteiger partial charge in [-0.05, 0) is 89.0 Å². The number of aliphatic imine (C=N–C) groups is 1. The van der Waals surface area contributed by atoms with Crippen molar-refractivity contribution in [2.45, 2.75) is 33.3 Å². The fourth-order valence-electron chi connectivity index (χ4n) is 5.17. The molecule has 5 aromatic carbocycles. The van der Waals surface area contributed by atoms with E-state index in [1.165, 1.54) is 22.9 Å². The maximum Gasteiger partial charge on any atom is 0.271 e. The smallest absolute Gasteiger partial charge is 0.271 e. The first kappa shape index (κ1) is 29.0. The number of rotatable bonds is 8. The molecule has 6 heteroatoms. The molecule has 1 heterocycles. The topological polar surface area (TPSA) is 65.7 Å². The van der Waals surface area contributed by atoms with E-state index in [-0.39, 0.29) is 12.5 Å². The lowest BCUT2D eigenvalue weighted by Gasteiger charge is -2.16. The van der Waals surface area contributed by atoms with Crippen molar-refractivity contribution in [2.75, 3.05) is 4.90 Å². The van der Waals surface area contributed by atoms with Gasteiger partial charge in [-0.1, -0.05) is 86.6 Å². The number of ether oxygens (including phenoxy) is 1. The van der Waals surface area contributed by atoms with Crippen molar-refractivity contribution in [3.8, 4) is 11.8 Å². The highest BCUT2D eigenvalue weighted by Crippen LogP contribution is 2.40. The summed E-state index contributed by atoms with van der Waals surface area (Å²) in [6.45, 7) is 4.47. The number of anilines is 1. The summed E-state index contributed by atoms with van der Waals surface area (Å²) in [5, 5.41) is 12.2. The predicted molar refractivity (Wildman–Crippen MR) is 181 cm³/mol. The summed E-state index contributed by atoms with van der Waals surface area (Å²) >= 11 is 1.36. The standard InChI is InChI=1S/C38H31N3O2S/c1-3-26-13-18-31(19-14-26)40-38-41(32-20-15-27(4-2)16-21-32)37(42)36(44-38)23-34-33-12-8-7-9-28(33)17-22-35(34)43-25-30-11-6-5-10-29(30)24-39/h5-23H,3-4,25H2,1-2H3/b36-23-,40-38?. The van der Waals surface area contributed by atoms with E-state index in [9.17, 15) is 10.1 Å². The number of carbonyl (C=O) groups excluding carboxylic acids is 1. The summed E-state index contributed by atoms with van der Waals surface area (Å²) < 4.78 is 6.34.